The molecule has 0 aromatic heterocycles. The first-order valence-electron chi connectivity index (χ1n) is 7.70. The Morgan fingerprint density at radius 2 is 2.14 bits per heavy atom. The molecule has 120 valence electrons. The number of urea groups is 1. The Hall–Kier alpha value is -1.34. The van der Waals surface area contributed by atoms with Gasteiger partial charge in [-0.05, 0) is 12.3 Å². The molecule has 2 heterocycles. The maximum atomic E-state index is 12.1. The third-order valence-corrected chi connectivity index (χ3v) is 3.91. The fraction of sp³-hybridized carbons (Fsp3) is 0.857. The monoisotopic (exact) mass is 298 g/mol. The number of nitrogens with zero attached hydrogens (tertiary/aromatic N) is 1. The van der Waals surface area contributed by atoms with Gasteiger partial charge in [0, 0.05) is 32.2 Å². The van der Waals surface area contributed by atoms with Gasteiger partial charge < -0.3 is 20.7 Å². The van der Waals surface area contributed by atoms with E-state index in [9.17, 15) is 9.59 Å². The highest BCUT2D eigenvalue weighted by Gasteiger charge is 2.28. The number of ether oxygens (including phenoxy) is 1. The van der Waals surface area contributed by atoms with Crippen molar-refractivity contribution in [2.45, 2.75) is 32.4 Å². The fourth-order valence-corrected chi connectivity index (χ4v) is 2.80. The summed E-state index contributed by atoms with van der Waals surface area (Å²) >= 11 is 0. The van der Waals surface area contributed by atoms with E-state index in [1.807, 2.05) is 0 Å². The quantitative estimate of drug-likeness (QED) is 0.619. The molecule has 2 aliphatic heterocycles. The van der Waals surface area contributed by atoms with Gasteiger partial charge in [0.1, 0.15) is 6.04 Å². The van der Waals surface area contributed by atoms with Crippen molar-refractivity contribution >= 4 is 11.9 Å². The SMILES string of the molecule is CC(C)C[C@@H](CNC(=O)[C@H]1CNC(=O)N1)N1CCOCC1. The highest BCUT2D eigenvalue weighted by molar-refractivity contribution is 5.90. The molecule has 2 fully saturated rings. The lowest BCUT2D eigenvalue weighted by atomic mass is 10.0. The molecule has 21 heavy (non-hydrogen) atoms. The lowest BCUT2D eigenvalue weighted by Gasteiger charge is -2.35. The van der Waals surface area contributed by atoms with Crippen molar-refractivity contribution in [1.82, 2.24) is 20.9 Å². The van der Waals surface area contributed by atoms with Crippen molar-refractivity contribution in [3.8, 4) is 0 Å². The topological polar surface area (TPSA) is 82.7 Å². The van der Waals surface area contributed by atoms with Gasteiger partial charge >= 0.3 is 6.03 Å². The zero-order chi connectivity index (χ0) is 15.2. The van der Waals surface area contributed by atoms with E-state index < -0.39 is 6.04 Å². The van der Waals surface area contributed by atoms with Crippen molar-refractivity contribution in [1.29, 1.82) is 0 Å². The molecule has 0 radical (unpaired) electrons. The Kier molecular flexibility index (Phi) is 5.81. The van der Waals surface area contributed by atoms with Crippen LogP contribution in [0, 0.1) is 5.92 Å². The summed E-state index contributed by atoms with van der Waals surface area (Å²) in [5, 5.41) is 8.17. The molecule has 0 spiro atoms. The second-order valence-corrected chi connectivity index (χ2v) is 6.08. The first-order valence-corrected chi connectivity index (χ1v) is 7.70. The van der Waals surface area contributed by atoms with Crippen molar-refractivity contribution in [2.75, 3.05) is 39.4 Å². The lowest BCUT2D eigenvalue weighted by Crippen LogP contribution is -2.51. The summed E-state index contributed by atoms with van der Waals surface area (Å²) in [6.07, 6.45) is 1.04. The summed E-state index contributed by atoms with van der Waals surface area (Å²) in [6, 6.07) is -0.410. The standard InChI is InChI=1S/C14H26N4O3/c1-10(2)7-11(18-3-5-21-6-4-18)8-15-13(19)12-9-16-14(20)17-12/h10-12H,3-9H2,1-2H3,(H,15,19)(H2,16,17,20)/t11-,12+/m0/s1. The number of carbonyl (C=O) groups is 2. The molecular formula is C14H26N4O3. The molecule has 2 rings (SSSR count). The second-order valence-electron chi connectivity index (χ2n) is 6.08. The van der Waals surface area contributed by atoms with Crippen LogP contribution in [0.25, 0.3) is 0 Å². The zero-order valence-electron chi connectivity index (χ0n) is 12.9. The molecule has 0 aliphatic carbocycles. The van der Waals surface area contributed by atoms with Crippen LogP contribution < -0.4 is 16.0 Å². The lowest BCUT2D eigenvalue weighted by molar-refractivity contribution is -0.122. The normalized spacial score (nSPS) is 24.5. The van der Waals surface area contributed by atoms with Gasteiger partial charge in [0.15, 0.2) is 0 Å². The Bertz CT molecular complexity index is 369. The van der Waals surface area contributed by atoms with Crippen molar-refractivity contribution in [2.24, 2.45) is 5.92 Å². The summed E-state index contributed by atoms with van der Waals surface area (Å²) in [6.45, 7) is 8.69. The summed E-state index contributed by atoms with van der Waals surface area (Å²) in [4.78, 5) is 25.5. The molecule has 3 N–H and O–H groups in total. The van der Waals surface area contributed by atoms with Crippen molar-refractivity contribution in [3.63, 3.8) is 0 Å². The van der Waals surface area contributed by atoms with Crippen LogP contribution in [-0.4, -0.2) is 68.3 Å². The minimum Gasteiger partial charge on any atom is -0.379 e. The van der Waals surface area contributed by atoms with Gasteiger partial charge in [-0.25, -0.2) is 4.79 Å². The average molecular weight is 298 g/mol. The maximum Gasteiger partial charge on any atom is 0.315 e. The van der Waals surface area contributed by atoms with Gasteiger partial charge in [0.05, 0.1) is 13.2 Å². The first-order chi connectivity index (χ1) is 10.1. The average Bonchev–Trinajstić information content (AvgIpc) is 2.90. The van der Waals surface area contributed by atoms with Gasteiger partial charge in [0.2, 0.25) is 5.91 Å². The highest BCUT2D eigenvalue weighted by Crippen LogP contribution is 2.13. The van der Waals surface area contributed by atoms with Crippen molar-refractivity contribution < 1.29 is 14.3 Å². The van der Waals surface area contributed by atoms with E-state index in [-0.39, 0.29) is 11.9 Å². The smallest absolute Gasteiger partial charge is 0.315 e. The van der Waals surface area contributed by atoms with Crippen LogP contribution in [0.3, 0.4) is 0 Å². The van der Waals surface area contributed by atoms with E-state index in [0.29, 0.717) is 25.0 Å². The third-order valence-electron chi connectivity index (χ3n) is 3.91. The molecule has 3 amide bonds. The predicted octanol–water partition coefficient (Wildman–Crippen LogP) is -0.469. The molecule has 2 atom stereocenters. The van der Waals surface area contributed by atoms with Crippen LogP contribution in [0.1, 0.15) is 20.3 Å². The Morgan fingerprint density at radius 1 is 1.43 bits per heavy atom. The largest absolute Gasteiger partial charge is 0.379 e. The number of carbonyl (C=O) groups excluding carboxylic acids is 2. The Labute approximate surface area is 125 Å². The molecule has 2 aliphatic rings. The summed E-state index contributed by atoms with van der Waals surface area (Å²) in [7, 11) is 0. The Balaban J connectivity index is 1.82. The fourth-order valence-electron chi connectivity index (χ4n) is 2.80. The van der Waals surface area contributed by atoms with Gasteiger partial charge in [-0.3, -0.25) is 9.69 Å². The molecule has 0 unspecified atom stereocenters. The number of rotatable bonds is 6. The molecule has 7 heteroatoms. The second kappa shape index (κ2) is 7.61. The maximum absolute atomic E-state index is 12.1. The third kappa shape index (κ3) is 4.86. The van der Waals surface area contributed by atoms with Crippen LogP contribution in [0.5, 0.6) is 0 Å². The minimum atomic E-state index is -0.457. The minimum absolute atomic E-state index is 0.115. The van der Waals surface area contributed by atoms with Gasteiger partial charge in [-0.15, -0.1) is 0 Å². The summed E-state index contributed by atoms with van der Waals surface area (Å²) in [5.74, 6) is 0.456. The first kappa shape index (κ1) is 16.0. The molecule has 7 nitrogen and oxygen atoms in total. The van der Waals surface area contributed by atoms with Crippen LogP contribution in [0.15, 0.2) is 0 Å². The van der Waals surface area contributed by atoms with Crippen LogP contribution >= 0.6 is 0 Å². The number of hydrogen-bond donors (Lipinski definition) is 3. The molecule has 0 bridgehead atoms. The summed E-state index contributed by atoms with van der Waals surface area (Å²) < 4.78 is 5.39. The number of hydrogen-bond acceptors (Lipinski definition) is 4. The molecular weight excluding hydrogens is 272 g/mol. The number of nitrogens with one attached hydrogen (secondary N) is 3. The van der Waals surface area contributed by atoms with Crippen LogP contribution in [0.2, 0.25) is 0 Å². The summed E-state index contributed by atoms with van der Waals surface area (Å²) in [5.41, 5.74) is 0. The van der Waals surface area contributed by atoms with Gasteiger partial charge in [0.25, 0.3) is 0 Å². The van der Waals surface area contributed by atoms with Gasteiger partial charge in [-0.2, -0.15) is 0 Å². The van der Waals surface area contributed by atoms with Gasteiger partial charge in [-0.1, -0.05) is 13.8 Å². The van der Waals surface area contributed by atoms with Crippen LogP contribution in [-0.2, 0) is 9.53 Å². The van der Waals surface area contributed by atoms with Crippen LogP contribution in [0.4, 0.5) is 4.79 Å². The molecule has 0 aromatic rings. The van der Waals surface area contributed by atoms with E-state index in [1.165, 1.54) is 0 Å². The van der Waals surface area contributed by atoms with E-state index >= 15 is 0 Å². The number of morpholine rings is 1. The van der Waals surface area contributed by atoms with E-state index in [0.717, 1.165) is 32.7 Å². The molecule has 2 saturated heterocycles. The van der Waals surface area contributed by atoms with E-state index in [1.54, 1.807) is 0 Å². The molecule has 0 saturated carbocycles. The molecule has 0 aromatic carbocycles. The highest BCUT2D eigenvalue weighted by atomic mass is 16.5. The predicted molar refractivity (Wildman–Crippen MR) is 79.0 cm³/mol. The van der Waals surface area contributed by atoms with E-state index in [2.05, 4.69) is 34.7 Å². The zero-order valence-corrected chi connectivity index (χ0v) is 12.9. The van der Waals surface area contributed by atoms with E-state index in [4.69, 9.17) is 4.74 Å². The number of amides is 3. The Morgan fingerprint density at radius 3 is 2.71 bits per heavy atom. The van der Waals surface area contributed by atoms with Crippen molar-refractivity contribution in [3.05, 3.63) is 0 Å².